The molecule has 0 bridgehead atoms. The highest BCUT2D eigenvalue weighted by molar-refractivity contribution is 7.60. The fourth-order valence-corrected chi connectivity index (χ4v) is 6.25. The number of hydrogen-bond donors (Lipinski definition) is 4. The number of esters is 3. The molecule has 2 atom stereocenters. The molecule has 0 spiro atoms. The van der Waals surface area contributed by atoms with Gasteiger partial charge in [0.25, 0.3) is 0 Å². The second kappa shape index (κ2) is 14.3. The third-order valence-electron chi connectivity index (χ3n) is 6.27. The minimum absolute atomic E-state index is 0.0460. The molecule has 1 aromatic carbocycles. The standard InChI is InChI=1S/C27H40N3O8P/c1-8-20-17(5)22-14-38-27(34)23(22)24(31)21(20)12-11-16(4)13-28-15-39(35,29-18(6)25(32)36-9-2)30-19(7)26(33)37-10-3/h11,19,28,31H,6,8-10,12-15H2,1-5,7H3,(H2,29,30,35)/b16-11+/t19-,39?/m0/s1. The van der Waals surface area contributed by atoms with Crippen molar-refractivity contribution in [2.24, 2.45) is 0 Å². The lowest BCUT2D eigenvalue weighted by Gasteiger charge is -2.25. The third kappa shape index (κ3) is 8.17. The van der Waals surface area contributed by atoms with Crippen molar-refractivity contribution in [2.45, 2.75) is 67.0 Å². The number of phenolic OH excluding ortho intramolecular Hbond substituents is 1. The lowest BCUT2D eigenvalue weighted by atomic mass is 9.89. The van der Waals surface area contributed by atoms with E-state index in [0.29, 0.717) is 24.9 Å². The molecule has 0 saturated heterocycles. The molecule has 2 rings (SSSR count). The number of nitrogens with one attached hydrogen (secondary N) is 3. The number of ether oxygens (including phenoxy) is 3. The van der Waals surface area contributed by atoms with Gasteiger partial charge in [-0.3, -0.25) is 9.36 Å². The Morgan fingerprint density at radius 1 is 1.21 bits per heavy atom. The smallest absolute Gasteiger partial charge is 0.354 e. The Kier molecular flexibility index (Phi) is 11.8. The molecule has 12 heteroatoms. The number of cyclic esters (lactones) is 1. The Morgan fingerprint density at radius 2 is 1.87 bits per heavy atom. The Hall–Kier alpha value is -3.14. The lowest BCUT2D eigenvalue weighted by Crippen LogP contribution is -2.40. The first-order valence-corrected chi connectivity index (χ1v) is 14.9. The van der Waals surface area contributed by atoms with Crippen LogP contribution in [-0.2, 0) is 47.8 Å². The van der Waals surface area contributed by atoms with Gasteiger partial charge in [-0.05, 0) is 58.6 Å². The summed E-state index contributed by atoms with van der Waals surface area (Å²) in [7, 11) is -3.59. The predicted molar refractivity (Wildman–Crippen MR) is 147 cm³/mol. The minimum Gasteiger partial charge on any atom is -0.507 e. The Balaban J connectivity index is 2.15. The summed E-state index contributed by atoms with van der Waals surface area (Å²) in [4.78, 5) is 36.3. The van der Waals surface area contributed by atoms with E-state index in [1.165, 1.54) is 6.92 Å². The lowest BCUT2D eigenvalue weighted by molar-refractivity contribution is -0.144. The Labute approximate surface area is 229 Å². The van der Waals surface area contributed by atoms with Crippen LogP contribution in [0.3, 0.4) is 0 Å². The zero-order chi connectivity index (χ0) is 29.3. The number of phenols is 1. The molecule has 1 unspecified atom stereocenters. The largest absolute Gasteiger partial charge is 0.507 e. The number of carbonyl (C=O) groups is 3. The monoisotopic (exact) mass is 565 g/mol. The van der Waals surface area contributed by atoms with Gasteiger partial charge in [-0.25, -0.2) is 14.7 Å². The molecule has 1 aliphatic heterocycles. The molecule has 1 aromatic rings. The molecular weight excluding hydrogens is 525 g/mol. The van der Waals surface area contributed by atoms with Crippen molar-refractivity contribution in [1.29, 1.82) is 0 Å². The summed E-state index contributed by atoms with van der Waals surface area (Å²) in [6.07, 6.45) is 2.86. The maximum absolute atomic E-state index is 13.7. The van der Waals surface area contributed by atoms with Crippen molar-refractivity contribution in [2.75, 3.05) is 26.0 Å². The number of fused-ring (bicyclic) bond motifs is 1. The van der Waals surface area contributed by atoms with Crippen LogP contribution >= 0.6 is 7.44 Å². The van der Waals surface area contributed by atoms with Gasteiger partial charge in [-0.1, -0.05) is 25.2 Å². The number of rotatable bonds is 15. The van der Waals surface area contributed by atoms with Crippen LogP contribution in [0.25, 0.3) is 0 Å². The van der Waals surface area contributed by atoms with Gasteiger partial charge in [0.1, 0.15) is 29.7 Å². The van der Waals surface area contributed by atoms with Crippen molar-refractivity contribution in [3.63, 3.8) is 0 Å². The van der Waals surface area contributed by atoms with Crippen LogP contribution in [0.15, 0.2) is 23.9 Å². The maximum Gasteiger partial charge on any atom is 0.354 e. The summed E-state index contributed by atoms with van der Waals surface area (Å²) in [5.41, 5.74) is 4.25. The van der Waals surface area contributed by atoms with Crippen LogP contribution in [0.1, 0.15) is 67.2 Å². The number of hydrogen-bond acceptors (Lipinski definition) is 9. The molecule has 0 amide bonds. The second-order valence-electron chi connectivity index (χ2n) is 9.21. The van der Waals surface area contributed by atoms with Crippen LogP contribution in [0.4, 0.5) is 0 Å². The average molecular weight is 566 g/mol. The van der Waals surface area contributed by atoms with Crippen LogP contribution in [0.2, 0.25) is 0 Å². The number of benzene rings is 1. The normalized spacial score (nSPS) is 15.1. The van der Waals surface area contributed by atoms with Crippen LogP contribution in [-0.4, -0.2) is 55.1 Å². The van der Waals surface area contributed by atoms with E-state index in [1.807, 2.05) is 26.8 Å². The van der Waals surface area contributed by atoms with E-state index >= 15 is 0 Å². The van der Waals surface area contributed by atoms with Gasteiger partial charge < -0.3 is 29.7 Å². The summed E-state index contributed by atoms with van der Waals surface area (Å²) in [6.45, 7) is 15.0. The molecule has 39 heavy (non-hydrogen) atoms. The van der Waals surface area contributed by atoms with E-state index in [-0.39, 0.29) is 43.1 Å². The van der Waals surface area contributed by atoms with E-state index in [9.17, 15) is 24.1 Å². The zero-order valence-corrected chi connectivity index (χ0v) is 24.5. The summed E-state index contributed by atoms with van der Waals surface area (Å²) >= 11 is 0. The first-order chi connectivity index (χ1) is 18.4. The van der Waals surface area contributed by atoms with Gasteiger partial charge in [0, 0.05) is 17.7 Å². The third-order valence-corrected chi connectivity index (χ3v) is 8.38. The fraction of sp³-hybridized carbons (Fsp3) is 0.519. The minimum atomic E-state index is -3.59. The first-order valence-electron chi connectivity index (χ1n) is 13.0. The molecule has 216 valence electrons. The molecule has 0 saturated carbocycles. The zero-order valence-electron chi connectivity index (χ0n) is 23.6. The molecule has 1 aliphatic rings. The highest BCUT2D eigenvalue weighted by Crippen LogP contribution is 2.39. The first kappa shape index (κ1) is 32.1. The molecular formula is C27H40N3O8P. The molecule has 0 aromatic heterocycles. The maximum atomic E-state index is 13.7. The number of aromatic hydroxyl groups is 1. The molecule has 0 radical (unpaired) electrons. The predicted octanol–water partition coefficient (Wildman–Crippen LogP) is 3.37. The molecule has 0 fully saturated rings. The topological polar surface area (TPSA) is 152 Å². The van der Waals surface area contributed by atoms with Gasteiger partial charge in [-0.15, -0.1) is 0 Å². The summed E-state index contributed by atoms with van der Waals surface area (Å²) in [5, 5.41) is 19.3. The Bertz CT molecular complexity index is 1190. The van der Waals surface area contributed by atoms with Gasteiger partial charge in [-0.2, -0.15) is 0 Å². The second-order valence-corrected chi connectivity index (χ2v) is 11.5. The van der Waals surface area contributed by atoms with Crippen LogP contribution < -0.4 is 15.5 Å². The summed E-state index contributed by atoms with van der Waals surface area (Å²) in [5.74, 6) is -1.90. The van der Waals surface area contributed by atoms with Gasteiger partial charge in [0.2, 0.25) is 7.44 Å². The van der Waals surface area contributed by atoms with E-state index in [2.05, 4.69) is 22.1 Å². The van der Waals surface area contributed by atoms with Crippen LogP contribution in [0.5, 0.6) is 5.75 Å². The molecule has 0 aliphatic carbocycles. The molecule has 11 nitrogen and oxygen atoms in total. The van der Waals surface area contributed by atoms with E-state index in [1.54, 1.807) is 13.8 Å². The molecule has 1 heterocycles. The quantitative estimate of drug-likeness (QED) is 0.0814. The highest BCUT2D eigenvalue weighted by atomic mass is 31.2. The number of allylic oxidation sites excluding steroid dienone is 1. The highest BCUT2D eigenvalue weighted by Gasteiger charge is 2.31. The molecule has 4 N–H and O–H groups in total. The summed E-state index contributed by atoms with van der Waals surface area (Å²) < 4.78 is 28.7. The van der Waals surface area contributed by atoms with Gasteiger partial charge in [0.15, 0.2) is 0 Å². The van der Waals surface area contributed by atoms with E-state index < -0.39 is 31.4 Å². The van der Waals surface area contributed by atoms with Crippen molar-refractivity contribution in [3.05, 3.63) is 51.7 Å². The van der Waals surface area contributed by atoms with E-state index in [0.717, 1.165) is 22.3 Å². The van der Waals surface area contributed by atoms with E-state index in [4.69, 9.17) is 14.2 Å². The van der Waals surface area contributed by atoms with Crippen molar-refractivity contribution < 1.29 is 38.3 Å². The average Bonchev–Trinajstić information content (AvgIpc) is 3.27. The SMILES string of the molecule is C=C(NP(=O)(CNC/C(C)=C/Cc1c(O)c2c(c(C)c1CC)COC2=O)N[C@@H](C)C(=O)OCC)C(=O)OCC. The summed E-state index contributed by atoms with van der Waals surface area (Å²) in [6, 6.07) is -0.915. The van der Waals surface area contributed by atoms with Crippen molar-refractivity contribution >= 4 is 25.4 Å². The van der Waals surface area contributed by atoms with Gasteiger partial charge >= 0.3 is 17.9 Å². The van der Waals surface area contributed by atoms with Gasteiger partial charge in [0.05, 0.1) is 19.5 Å². The Morgan fingerprint density at radius 3 is 2.49 bits per heavy atom. The number of carbonyl (C=O) groups excluding carboxylic acids is 3. The van der Waals surface area contributed by atoms with Crippen molar-refractivity contribution in [1.82, 2.24) is 15.5 Å². The fourth-order valence-electron chi connectivity index (χ4n) is 4.33. The van der Waals surface area contributed by atoms with Crippen molar-refractivity contribution in [3.8, 4) is 5.75 Å². The van der Waals surface area contributed by atoms with Crippen LogP contribution in [0, 0.1) is 6.92 Å².